The molecule has 3 rings (SSSR count). The normalized spacial score (nSPS) is 10.5. The van der Waals surface area contributed by atoms with Gasteiger partial charge in [-0.1, -0.05) is 12.1 Å². The predicted molar refractivity (Wildman–Crippen MR) is 104 cm³/mol. The molecule has 3 aromatic rings. The van der Waals surface area contributed by atoms with Gasteiger partial charge in [0.25, 0.3) is 5.91 Å². The van der Waals surface area contributed by atoms with Crippen LogP contribution in [0.4, 0.5) is 11.4 Å². The van der Waals surface area contributed by atoms with Gasteiger partial charge in [0, 0.05) is 38.1 Å². The summed E-state index contributed by atoms with van der Waals surface area (Å²) in [6.45, 7) is 0. The van der Waals surface area contributed by atoms with Gasteiger partial charge in [0.2, 0.25) is 0 Å². The van der Waals surface area contributed by atoms with Gasteiger partial charge >= 0.3 is 0 Å². The van der Waals surface area contributed by atoms with E-state index in [0.29, 0.717) is 5.69 Å². The molecule has 1 N–H and O–H groups in total. The molecule has 1 heterocycles. The summed E-state index contributed by atoms with van der Waals surface area (Å²) < 4.78 is 6.96. The highest BCUT2D eigenvalue weighted by Gasteiger charge is 2.14. The molecule has 0 saturated heterocycles. The lowest BCUT2D eigenvalue weighted by atomic mass is 10.1. The molecule has 134 valence electrons. The number of hydrogen-bond donors (Lipinski definition) is 1. The maximum Gasteiger partial charge on any atom is 0.276 e. The van der Waals surface area contributed by atoms with Gasteiger partial charge in [-0.3, -0.25) is 9.48 Å². The third kappa shape index (κ3) is 3.69. The van der Waals surface area contributed by atoms with Crippen molar-refractivity contribution in [1.82, 2.24) is 9.78 Å². The van der Waals surface area contributed by atoms with Crippen molar-refractivity contribution in [2.24, 2.45) is 7.05 Å². The Bertz CT molecular complexity index is 914. The molecule has 0 radical (unpaired) electrons. The molecule has 26 heavy (non-hydrogen) atoms. The lowest BCUT2D eigenvalue weighted by Gasteiger charge is -2.12. The molecule has 1 amide bonds. The average molecular weight is 350 g/mol. The van der Waals surface area contributed by atoms with Gasteiger partial charge < -0.3 is 15.0 Å². The van der Waals surface area contributed by atoms with E-state index in [1.54, 1.807) is 17.9 Å². The summed E-state index contributed by atoms with van der Waals surface area (Å²) in [6.07, 6.45) is 0. The van der Waals surface area contributed by atoms with Gasteiger partial charge in [0.05, 0.1) is 12.8 Å². The summed E-state index contributed by atoms with van der Waals surface area (Å²) in [6, 6.07) is 17.1. The zero-order chi connectivity index (χ0) is 18.7. The number of rotatable bonds is 5. The fraction of sp³-hybridized carbons (Fsp3) is 0.200. The number of benzene rings is 2. The fourth-order valence-corrected chi connectivity index (χ4v) is 2.67. The molecule has 6 nitrogen and oxygen atoms in total. The Hall–Kier alpha value is -3.28. The molecule has 0 bridgehead atoms. The SMILES string of the molecule is COc1cccc(-c2cc(C(=O)Nc3ccc(N(C)C)cc3)nn2C)c1. The Morgan fingerprint density at radius 3 is 2.50 bits per heavy atom. The number of aryl methyl sites for hydroxylation is 1. The minimum absolute atomic E-state index is 0.243. The van der Waals surface area contributed by atoms with Gasteiger partial charge in [-0.25, -0.2) is 0 Å². The van der Waals surface area contributed by atoms with Crippen LogP contribution in [-0.2, 0) is 7.05 Å². The van der Waals surface area contributed by atoms with Gasteiger partial charge in [-0.2, -0.15) is 5.10 Å². The smallest absolute Gasteiger partial charge is 0.276 e. The lowest BCUT2D eigenvalue weighted by molar-refractivity contribution is 0.102. The van der Waals surface area contributed by atoms with Crippen molar-refractivity contribution in [3.63, 3.8) is 0 Å². The zero-order valence-corrected chi connectivity index (χ0v) is 15.4. The first-order valence-electron chi connectivity index (χ1n) is 8.25. The highest BCUT2D eigenvalue weighted by Crippen LogP contribution is 2.24. The van der Waals surface area contributed by atoms with E-state index in [2.05, 4.69) is 10.4 Å². The minimum atomic E-state index is -0.243. The topological polar surface area (TPSA) is 59.4 Å². The van der Waals surface area contributed by atoms with Crippen LogP contribution in [-0.4, -0.2) is 36.9 Å². The van der Waals surface area contributed by atoms with Crippen LogP contribution in [0, 0.1) is 0 Å². The number of aromatic nitrogens is 2. The summed E-state index contributed by atoms with van der Waals surface area (Å²) in [5, 5.41) is 7.22. The maximum atomic E-state index is 12.5. The molecule has 0 fully saturated rings. The van der Waals surface area contributed by atoms with Gasteiger partial charge in [0.1, 0.15) is 5.75 Å². The first-order chi connectivity index (χ1) is 12.5. The number of carbonyl (C=O) groups is 1. The number of anilines is 2. The van der Waals surface area contributed by atoms with Crippen LogP contribution in [0.25, 0.3) is 11.3 Å². The van der Waals surface area contributed by atoms with E-state index in [-0.39, 0.29) is 5.91 Å². The van der Waals surface area contributed by atoms with E-state index in [1.165, 1.54) is 0 Å². The van der Waals surface area contributed by atoms with E-state index >= 15 is 0 Å². The zero-order valence-electron chi connectivity index (χ0n) is 15.4. The largest absolute Gasteiger partial charge is 0.497 e. The van der Waals surface area contributed by atoms with Crippen molar-refractivity contribution in [2.45, 2.75) is 0 Å². The first-order valence-corrected chi connectivity index (χ1v) is 8.25. The first kappa shape index (κ1) is 17.5. The molecule has 0 aliphatic carbocycles. The standard InChI is InChI=1S/C20H22N4O2/c1-23(2)16-10-8-15(9-11-16)21-20(25)18-13-19(24(3)22-18)14-6-5-7-17(12-14)26-4/h5-13H,1-4H3,(H,21,25). The number of amides is 1. The molecule has 6 heteroatoms. The monoisotopic (exact) mass is 350 g/mol. The highest BCUT2D eigenvalue weighted by molar-refractivity contribution is 6.03. The van der Waals surface area contributed by atoms with Crippen LogP contribution in [0.1, 0.15) is 10.5 Å². The van der Waals surface area contributed by atoms with Crippen LogP contribution < -0.4 is 15.0 Å². The number of methoxy groups -OCH3 is 1. The van der Waals surface area contributed by atoms with Crippen molar-refractivity contribution in [1.29, 1.82) is 0 Å². The predicted octanol–water partition coefficient (Wildman–Crippen LogP) is 3.41. The van der Waals surface area contributed by atoms with Crippen molar-refractivity contribution < 1.29 is 9.53 Å². The third-order valence-electron chi connectivity index (χ3n) is 4.12. The van der Waals surface area contributed by atoms with Crippen LogP contribution in [0.2, 0.25) is 0 Å². The molecular weight excluding hydrogens is 328 g/mol. The summed E-state index contributed by atoms with van der Waals surface area (Å²) in [5.41, 5.74) is 3.95. The molecule has 0 saturated carbocycles. The summed E-state index contributed by atoms with van der Waals surface area (Å²) in [7, 11) is 7.39. The molecular formula is C20H22N4O2. The number of ether oxygens (including phenoxy) is 1. The van der Waals surface area contributed by atoms with E-state index in [9.17, 15) is 4.79 Å². The molecule has 0 atom stereocenters. The van der Waals surface area contributed by atoms with Crippen LogP contribution in [0.15, 0.2) is 54.6 Å². The summed E-state index contributed by atoms with van der Waals surface area (Å²) in [4.78, 5) is 14.5. The quantitative estimate of drug-likeness (QED) is 0.766. The Morgan fingerprint density at radius 1 is 1.12 bits per heavy atom. The number of nitrogens with one attached hydrogen (secondary N) is 1. The third-order valence-corrected chi connectivity index (χ3v) is 4.12. The molecule has 2 aromatic carbocycles. The number of carbonyl (C=O) groups excluding carboxylic acids is 1. The van der Waals surface area contributed by atoms with E-state index in [1.807, 2.05) is 74.6 Å². The highest BCUT2D eigenvalue weighted by atomic mass is 16.5. The van der Waals surface area contributed by atoms with Gasteiger partial charge in [-0.15, -0.1) is 0 Å². The maximum absolute atomic E-state index is 12.5. The molecule has 1 aromatic heterocycles. The van der Waals surface area contributed by atoms with E-state index < -0.39 is 0 Å². The Kier molecular flexibility index (Phi) is 4.93. The second-order valence-electron chi connectivity index (χ2n) is 6.17. The second-order valence-corrected chi connectivity index (χ2v) is 6.17. The number of nitrogens with zero attached hydrogens (tertiary/aromatic N) is 3. The summed E-state index contributed by atoms with van der Waals surface area (Å²) >= 11 is 0. The molecule has 0 aliphatic heterocycles. The Balaban J connectivity index is 1.80. The van der Waals surface area contributed by atoms with E-state index in [0.717, 1.165) is 28.4 Å². The molecule has 0 spiro atoms. The Labute approximate surface area is 153 Å². The van der Waals surface area contributed by atoms with Crippen LogP contribution >= 0.6 is 0 Å². The van der Waals surface area contributed by atoms with E-state index in [4.69, 9.17) is 4.74 Å². The van der Waals surface area contributed by atoms with Gasteiger partial charge in [0.15, 0.2) is 5.69 Å². The second kappa shape index (κ2) is 7.31. The lowest BCUT2D eigenvalue weighted by Crippen LogP contribution is -2.13. The van der Waals surface area contributed by atoms with Gasteiger partial charge in [-0.05, 0) is 42.5 Å². The Morgan fingerprint density at radius 2 is 1.85 bits per heavy atom. The van der Waals surface area contributed by atoms with Crippen molar-refractivity contribution in [3.05, 3.63) is 60.3 Å². The number of hydrogen-bond acceptors (Lipinski definition) is 4. The average Bonchev–Trinajstić information content (AvgIpc) is 3.04. The van der Waals surface area contributed by atoms with Crippen molar-refractivity contribution in [2.75, 3.05) is 31.4 Å². The molecule has 0 unspecified atom stereocenters. The minimum Gasteiger partial charge on any atom is -0.497 e. The fourth-order valence-electron chi connectivity index (χ4n) is 2.67. The molecule has 0 aliphatic rings. The van der Waals surface area contributed by atoms with Crippen LogP contribution in [0.3, 0.4) is 0 Å². The summed E-state index contributed by atoms with van der Waals surface area (Å²) in [5.74, 6) is 0.517. The van der Waals surface area contributed by atoms with Crippen molar-refractivity contribution >= 4 is 17.3 Å². The van der Waals surface area contributed by atoms with Crippen molar-refractivity contribution in [3.8, 4) is 17.0 Å². The van der Waals surface area contributed by atoms with Crippen LogP contribution in [0.5, 0.6) is 5.75 Å².